The Morgan fingerprint density at radius 2 is 1.48 bits per heavy atom. The summed E-state index contributed by atoms with van der Waals surface area (Å²) in [5.41, 5.74) is 7.34. The minimum Gasteiger partial charge on any atom is -0.449 e. The molecule has 145 valence electrons. The maximum atomic E-state index is 12.7. The van der Waals surface area contributed by atoms with Crippen molar-refractivity contribution < 1.29 is 9.53 Å². The number of nitrogens with one attached hydrogen (secondary N) is 1. The van der Waals surface area contributed by atoms with E-state index in [9.17, 15) is 4.79 Å². The fourth-order valence-corrected chi connectivity index (χ4v) is 4.68. The lowest BCUT2D eigenvalue weighted by Crippen LogP contribution is -2.30. The highest BCUT2D eigenvalue weighted by molar-refractivity contribution is 5.79. The first-order chi connectivity index (χ1) is 14.3. The van der Waals surface area contributed by atoms with Gasteiger partial charge in [0, 0.05) is 5.92 Å². The first-order valence-electron chi connectivity index (χ1n) is 10.3. The van der Waals surface area contributed by atoms with Gasteiger partial charge in [0.1, 0.15) is 6.61 Å². The summed E-state index contributed by atoms with van der Waals surface area (Å²) in [7, 11) is 0. The molecule has 0 saturated carbocycles. The van der Waals surface area contributed by atoms with E-state index < -0.39 is 0 Å². The van der Waals surface area contributed by atoms with E-state index in [0.29, 0.717) is 6.61 Å². The summed E-state index contributed by atoms with van der Waals surface area (Å²) in [6, 6.07) is 25.1. The summed E-state index contributed by atoms with van der Waals surface area (Å²) in [5.74, 6) is 0.0860. The van der Waals surface area contributed by atoms with Crippen molar-refractivity contribution in [1.29, 1.82) is 0 Å². The summed E-state index contributed by atoms with van der Waals surface area (Å²) >= 11 is 0. The summed E-state index contributed by atoms with van der Waals surface area (Å²) in [5, 5.41) is 3.11. The van der Waals surface area contributed by atoms with Crippen LogP contribution in [0.3, 0.4) is 0 Å². The number of ether oxygens (including phenoxy) is 1. The third-order valence-electron chi connectivity index (χ3n) is 6.07. The lowest BCUT2D eigenvalue weighted by atomic mass is 9.98. The summed E-state index contributed by atoms with van der Waals surface area (Å²) < 4.78 is 5.74. The molecule has 0 aliphatic heterocycles. The maximum Gasteiger partial charge on any atom is 0.407 e. The maximum absolute atomic E-state index is 12.7. The van der Waals surface area contributed by atoms with Gasteiger partial charge in [-0.05, 0) is 52.6 Å². The van der Waals surface area contributed by atoms with E-state index in [4.69, 9.17) is 4.74 Å². The molecule has 29 heavy (non-hydrogen) atoms. The van der Waals surface area contributed by atoms with Gasteiger partial charge in [0.05, 0.1) is 6.04 Å². The van der Waals surface area contributed by atoms with Crippen LogP contribution in [0, 0.1) is 6.42 Å². The molecule has 2 aliphatic rings. The van der Waals surface area contributed by atoms with Gasteiger partial charge in [-0.2, -0.15) is 0 Å². The van der Waals surface area contributed by atoms with Crippen LogP contribution in [-0.2, 0) is 4.74 Å². The predicted molar refractivity (Wildman–Crippen MR) is 115 cm³/mol. The monoisotopic (exact) mass is 382 g/mol. The number of carbonyl (C=O) groups excluding carboxylic acids is 1. The van der Waals surface area contributed by atoms with Gasteiger partial charge in [0.2, 0.25) is 0 Å². The molecule has 1 amide bonds. The molecule has 3 nitrogen and oxygen atoms in total. The van der Waals surface area contributed by atoms with Gasteiger partial charge in [-0.15, -0.1) is 0 Å². The Kier molecular flexibility index (Phi) is 4.81. The zero-order valence-electron chi connectivity index (χ0n) is 16.3. The van der Waals surface area contributed by atoms with Crippen molar-refractivity contribution in [3.05, 3.63) is 101 Å². The number of alkyl carbamates (subject to hydrolysis) is 1. The Morgan fingerprint density at radius 3 is 2.21 bits per heavy atom. The van der Waals surface area contributed by atoms with Crippen LogP contribution in [0.5, 0.6) is 0 Å². The van der Waals surface area contributed by atoms with Crippen LogP contribution in [0.4, 0.5) is 4.79 Å². The molecule has 0 heterocycles. The average Bonchev–Trinajstić information content (AvgIpc) is 2.94. The van der Waals surface area contributed by atoms with Gasteiger partial charge in [0.25, 0.3) is 0 Å². The predicted octanol–water partition coefficient (Wildman–Crippen LogP) is 6.00. The van der Waals surface area contributed by atoms with Crippen molar-refractivity contribution in [2.24, 2.45) is 0 Å². The van der Waals surface area contributed by atoms with Crippen LogP contribution in [0.2, 0.25) is 0 Å². The van der Waals surface area contributed by atoms with E-state index in [1.807, 2.05) is 12.1 Å². The van der Waals surface area contributed by atoms with Crippen LogP contribution >= 0.6 is 0 Å². The first kappa shape index (κ1) is 18.0. The van der Waals surface area contributed by atoms with Crippen LogP contribution in [0.25, 0.3) is 11.1 Å². The number of carbonyl (C=O) groups is 1. The number of amides is 1. The van der Waals surface area contributed by atoms with Crippen molar-refractivity contribution in [2.75, 3.05) is 6.61 Å². The molecule has 1 unspecified atom stereocenters. The van der Waals surface area contributed by atoms with Crippen molar-refractivity contribution >= 4 is 6.09 Å². The third kappa shape index (κ3) is 3.42. The second-order valence-electron chi connectivity index (χ2n) is 7.79. The van der Waals surface area contributed by atoms with Gasteiger partial charge in [-0.25, -0.2) is 4.79 Å². The molecule has 1 N–H and O–H groups in total. The minimum absolute atomic E-state index is 0.000556. The topological polar surface area (TPSA) is 38.3 Å². The SMILES string of the molecule is O=C(NC1CCC[CH]c2ccccc21)OCC1c2ccccc2-c2ccccc21. The molecule has 3 aromatic rings. The Bertz CT molecular complexity index is 997. The van der Waals surface area contributed by atoms with Gasteiger partial charge in [0.15, 0.2) is 0 Å². The molecule has 1 atom stereocenters. The molecular weight excluding hydrogens is 358 g/mol. The van der Waals surface area contributed by atoms with Crippen LogP contribution in [-0.4, -0.2) is 12.7 Å². The summed E-state index contributed by atoms with van der Waals surface area (Å²) in [4.78, 5) is 12.7. The highest BCUT2D eigenvalue weighted by Crippen LogP contribution is 2.44. The van der Waals surface area contributed by atoms with Gasteiger partial charge in [-0.3, -0.25) is 0 Å². The van der Waals surface area contributed by atoms with Gasteiger partial charge >= 0.3 is 6.09 Å². The third-order valence-corrected chi connectivity index (χ3v) is 6.07. The fraction of sp³-hybridized carbons (Fsp3) is 0.231. The van der Waals surface area contributed by atoms with E-state index in [1.54, 1.807) is 0 Å². The summed E-state index contributed by atoms with van der Waals surface area (Å²) in [6.07, 6.45) is 4.95. The number of rotatable bonds is 3. The van der Waals surface area contributed by atoms with E-state index in [-0.39, 0.29) is 18.1 Å². The smallest absolute Gasteiger partial charge is 0.407 e. The second-order valence-corrected chi connectivity index (χ2v) is 7.79. The molecule has 3 aromatic carbocycles. The molecule has 1 radical (unpaired) electrons. The molecule has 0 spiro atoms. The lowest BCUT2D eigenvalue weighted by molar-refractivity contribution is 0.138. The standard InChI is InChI=1S/C26H24NO2/c28-26(27-25-16-8-2-10-18-9-1-3-11-19(18)25)29-17-24-22-14-6-4-12-20(22)21-13-5-7-15-23(21)24/h1,3-7,9-15,24-25H,2,8,16-17H2,(H,27,28). The zero-order chi connectivity index (χ0) is 19.6. The second kappa shape index (κ2) is 7.75. The molecule has 0 fully saturated rings. The highest BCUT2D eigenvalue weighted by atomic mass is 16.5. The molecule has 3 heteroatoms. The van der Waals surface area contributed by atoms with Crippen LogP contribution in [0.1, 0.15) is 53.5 Å². The molecular formula is C26H24NO2. The largest absolute Gasteiger partial charge is 0.449 e. The van der Waals surface area contributed by atoms with E-state index in [2.05, 4.69) is 72.4 Å². The van der Waals surface area contributed by atoms with Crippen molar-refractivity contribution in [1.82, 2.24) is 5.32 Å². The number of hydrogen-bond donors (Lipinski definition) is 1. The molecule has 5 rings (SSSR count). The Hall–Kier alpha value is -3.07. The van der Waals surface area contributed by atoms with Crippen LogP contribution in [0.15, 0.2) is 72.8 Å². The molecule has 0 bridgehead atoms. The lowest BCUT2D eigenvalue weighted by Gasteiger charge is -2.20. The van der Waals surface area contributed by atoms with E-state index in [1.165, 1.54) is 33.4 Å². The number of hydrogen-bond acceptors (Lipinski definition) is 2. The fourth-order valence-electron chi connectivity index (χ4n) is 4.68. The summed E-state index contributed by atoms with van der Waals surface area (Å²) in [6.45, 7) is 0.348. The average molecular weight is 382 g/mol. The van der Waals surface area contributed by atoms with E-state index in [0.717, 1.165) is 19.3 Å². The van der Waals surface area contributed by atoms with E-state index >= 15 is 0 Å². The zero-order valence-corrected chi connectivity index (χ0v) is 16.3. The Labute approximate surface area is 171 Å². The highest BCUT2D eigenvalue weighted by Gasteiger charge is 2.29. The minimum atomic E-state index is -0.339. The van der Waals surface area contributed by atoms with Gasteiger partial charge < -0.3 is 10.1 Å². The van der Waals surface area contributed by atoms with Crippen molar-refractivity contribution in [2.45, 2.75) is 31.2 Å². The Morgan fingerprint density at radius 1 is 0.862 bits per heavy atom. The van der Waals surface area contributed by atoms with Crippen molar-refractivity contribution in [3.63, 3.8) is 0 Å². The molecule has 0 saturated heterocycles. The number of fused-ring (bicyclic) bond motifs is 4. The van der Waals surface area contributed by atoms with Gasteiger partial charge in [-0.1, -0.05) is 79.2 Å². The first-order valence-corrected chi connectivity index (χ1v) is 10.3. The quantitative estimate of drug-likeness (QED) is 0.564. The number of benzene rings is 3. The molecule has 2 aliphatic carbocycles. The molecule has 0 aromatic heterocycles. The van der Waals surface area contributed by atoms with Crippen molar-refractivity contribution in [3.8, 4) is 11.1 Å². The Balaban J connectivity index is 1.31. The normalized spacial score (nSPS) is 17.6. The van der Waals surface area contributed by atoms with Crippen LogP contribution < -0.4 is 5.32 Å².